The Balaban J connectivity index is 0.952. The molecule has 45 heteroatoms. The number of carboxylic acids is 1. The first-order valence-corrected chi connectivity index (χ1v) is 46.3. The minimum Gasteiger partial charge on any atom is -0.477 e. The second-order valence-corrected chi connectivity index (χ2v) is 35.0. The van der Waals surface area contributed by atoms with Gasteiger partial charge in [0.25, 0.3) is 5.79 Å². The van der Waals surface area contributed by atoms with Crippen LogP contribution in [-0.2, 0) is 158 Å². The van der Waals surface area contributed by atoms with E-state index in [1.165, 1.54) is 0 Å². The molecule has 6 aromatic rings. The lowest BCUT2D eigenvalue weighted by Crippen LogP contribution is -2.72. The molecule has 45 nitrogen and oxygen atoms in total. The molecule has 7 fully saturated rings. The Hall–Kier alpha value is -8.85. The van der Waals surface area contributed by atoms with E-state index >= 15 is 0 Å². The first kappa shape index (κ1) is 109. The Morgan fingerprint density at radius 1 is 0.411 bits per heavy atom. The van der Waals surface area contributed by atoms with Crippen LogP contribution in [0.15, 0.2) is 187 Å². The quantitative estimate of drug-likeness (QED) is 0.00706. The van der Waals surface area contributed by atoms with Crippen molar-refractivity contribution >= 4 is 23.8 Å². The fraction of sp³-hybridized carbons (Fsp3) is 0.583. The number of amides is 2. The molecule has 0 spiro atoms. The number of hydrogen-bond donors (Lipinski definition) is 17. The highest BCUT2D eigenvalue weighted by atomic mass is 16.8. The van der Waals surface area contributed by atoms with Gasteiger partial charge in [0, 0.05) is 45.3 Å². The number of aliphatic hydroxyl groups excluding tert-OH is 14. The molecule has 7 aliphatic rings. The third kappa shape index (κ3) is 28.7. The van der Waals surface area contributed by atoms with E-state index in [0.29, 0.717) is 22.3 Å². The number of rotatable bonds is 48. The van der Waals surface area contributed by atoms with Crippen LogP contribution >= 0.6 is 0 Å². The molecule has 0 radical (unpaired) electrons. The Bertz CT molecular complexity index is 4800. The van der Waals surface area contributed by atoms with Gasteiger partial charge in [-0.15, -0.1) is 0 Å². The summed E-state index contributed by atoms with van der Waals surface area (Å²) < 4.78 is 140. The van der Waals surface area contributed by atoms with Crippen LogP contribution in [0.4, 0.5) is 0 Å². The largest absolute Gasteiger partial charge is 0.477 e. The summed E-state index contributed by atoms with van der Waals surface area (Å²) in [6.07, 6.45) is -65.0. The normalized spacial score (nSPS) is 34.9. The van der Waals surface area contributed by atoms with E-state index in [9.17, 15) is 101 Å². The molecule has 6 aromatic carbocycles. The molecule has 36 atom stereocenters. The van der Waals surface area contributed by atoms with E-state index in [1.807, 2.05) is 91.0 Å². The van der Waals surface area contributed by atoms with Crippen molar-refractivity contribution < 1.29 is 195 Å². The number of azide groups is 1. The zero-order valence-corrected chi connectivity index (χ0v) is 77.3. The van der Waals surface area contributed by atoms with Gasteiger partial charge in [0.15, 0.2) is 43.8 Å². The minimum atomic E-state index is -3.37. The third-order valence-corrected chi connectivity index (χ3v) is 24.8. The monoisotopic (exact) mass is 1990 g/mol. The maximum Gasteiger partial charge on any atom is 0.364 e. The summed E-state index contributed by atoms with van der Waals surface area (Å²) >= 11 is 0. The average Bonchev–Trinajstić information content (AvgIpc) is 0.746. The molecular formula is C96H125N5O40. The van der Waals surface area contributed by atoms with Crippen LogP contribution in [0.2, 0.25) is 0 Å². The van der Waals surface area contributed by atoms with Crippen molar-refractivity contribution in [3.8, 4) is 0 Å². The number of ether oxygens (including phenoxy) is 21. The first-order valence-electron chi connectivity index (χ1n) is 46.3. The lowest BCUT2D eigenvalue weighted by atomic mass is 9.88. The molecule has 0 bridgehead atoms. The van der Waals surface area contributed by atoms with Crippen molar-refractivity contribution in [3.05, 3.63) is 226 Å². The van der Waals surface area contributed by atoms with E-state index in [1.54, 1.807) is 91.0 Å². The Morgan fingerprint density at radius 3 is 1.34 bits per heavy atom. The Morgan fingerprint density at radius 2 is 0.830 bits per heavy atom. The molecule has 7 aliphatic heterocycles. The number of carboxylic acid groups (broad SMARTS) is 1. The second-order valence-electron chi connectivity index (χ2n) is 35.0. The van der Waals surface area contributed by atoms with Crippen LogP contribution in [-0.4, -0.2) is 380 Å². The SMILES string of the molecule is CC(=O)N[C@H]1[C@H](O[C@H]2[C@@H](O)[C@@H](COCc3ccccc3)O[C@@H](O[C@H]3[C@H](OCc4ccccc4)[C@@H](OCc4ccccc4)[C@H](OCCCN=[N+]=[N-])O[C@@H]3COCc3ccccc3)[C@@H]2OCc2ccccc2)O[C@H](CO[C@@H]2O[C@H](CO)[C@@H](O[C@@H]3O[C@H](CO)[C@H](O)[C@H](O)[C@H]3O)[C@H](O)[C@H]2O)[C@@H](O[C@@H]2O[C@H](CO)[C@H](OC(C)=O)[C@H](O[C@]3(C(=O)O)C[C@H](O)[C@@H](NC(C)=O)[C@H]([C@H](O)[C@H](O)CO)O3)[C@H]2O)[C@@H]1OCc1ccccc1. The maximum absolute atomic E-state index is 14.6. The van der Waals surface area contributed by atoms with Gasteiger partial charge in [-0.1, -0.05) is 187 Å². The van der Waals surface area contributed by atoms with E-state index < -0.39 is 297 Å². The van der Waals surface area contributed by atoms with Crippen molar-refractivity contribution in [2.45, 2.75) is 294 Å². The summed E-state index contributed by atoms with van der Waals surface area (Å²) in [6.45, 7) is -4.26. The zero-order valence-electron chi connectivity index (χ0n) is 77.3. The van der Waals surface area contributed by atoms with E-state index in [-0.39, 0.29) is 59.2 Å². The third-order valence-electron chi connectivity index (χ3n) is 24.8. The molecule has 0 aliphatic carbocycles. The fourth-order valence-electron chi connectivity index (χ4n) is 17.7. The number of hydrogen-bond acceptors (Lipinski definition) is 40. The van der Waals surface area contributed by atoms with Crippen LogP contribution in [0.5, 0.6) is 0 Å². The Kier molecular flexibility index (Phi) is 41.4. The lowest BCUT2D eigenvalue weighted by Gasteiger charge is -2.53. The summed E-state index contributed by atoms with van der Waals surface area (Å²) in [5, 5.41) is 181. The average molecular weight is 1990 g/mol. The van der Waals surface area contributed by atoms with Gasteiger partial charge in [-0.2, -0.15) is 0 Å². The highest BCUT2D eigenvalue weighted by Gasteiger charge is 2.64. The van der Waals surface area contributed by atoms with Gasteiger partial charge < -0.3 is 187 Å². The maximum atomic E-state index is 14.6. The fourth-order valence-corrected chi connectivity index (χ4v) is 17.7. The highest BCUT2D eigenvalue weighted by molar-refractivity contribution is 5.77. The Labute approximate surface area is 810 Å². The summed E-state index contributed by atoms with van der Waals surface area (Å²) in [4.78, 5) is 57.7. The number of carbonyl (C=O) groups excluding carboxylic acids is 3. The molecule has 13 rings (SSSR count). The summed E-state index contributed by atoms with van der Waals surface area (Å²) in [5.41, 5.74) is 13.2. The smallest absolute Gasteiger partial charge is 0.364 e. The summed E-state index contributed by atoms with van der Waals surface area (Å²) in [6, 6.07) is 49.9. The van der Waals surface area contributed by atoms with Gasteiger partial charge in [-0.05, 0) is 45.3 Å². The highest BCUT2D eigenvalue weighted by Crippen LogP contribution is 2.44. The standard InChI is InChI=1S/C96H125N5O40/c1-51(106)99-68-60(109)37-96(95(119)120,140-82(68)70(111)61(110)38-102)141-85-77(118)92(132-64(41-105)79(85)129-53(3)108)137-80-67(50-128-90-76(117)74(115)78(63(40-104)131-90)136-91-75(116)73(114)71(112)62(39-103)130-91)134-89(69(100-52(2)107)83(80)124-44-56-27-14-6-15-28-56)139-84-72(113)65(48-121-42-54-23-10-4-11-24-54)133-94(87(84)126-46-58-31-18-8-19-32-58)138-81-66(49-122-43-55-25-12-5-13-26-55)135-93(123-36-22-35-98-101-97)88(127-47-59-33-20-9-21-34-59)86(81)125-45-57-29-16-7-17-30-57/h4-21,23-34,60-94,102-105,109-118H,22,35-50H2,1-3H3,(H,99,106)(H,100,107)(H,119,120)/t60-,61+,62+,63+,64+,65+,66+,67+,68+,69+,70+,71-,72-,73-,74+,75+,76+,77+,78+,79-,80+,81+,82+,83+,84-,85+,86-,87+,88+,89-,90+,91-,92-,93+,94-,96-/m0/s1. The lowest BCUT2D eigenvalue weighted by molar-refractivity contribution is -0.398. The molecular weight excluding hydrogens is 1860 g/mol. The summed E-state index contributed by atoms with van der Waals surface area (Å²) in [7, 11) is 0. The number of aliphatic hydroxyl groups is 14. The van der Waals surface area contributed by atoms with Crippen molar-refractivity contribution in [1.29, 1.82) is 0 Å². The van der Waals surface area contributed by atoms with E-state index in [2.05, 4.69) is 20.7 Å². The topological polar surface area (TPSA) is 638 Å². The van der Waals surface area contributed by atoms with Crippen molar-refractivity contribution in [3.63, 3.8) is 0 Å². The molecule has 774 valence electrons. The zero-order chi connectivity index (χ0) is 100. The van der Waals surface area contributed by atoms with Crippen LogP contribution in [0.25, 0.3) is 10.4 Å². The number of carbonyl (C=O) groups is 4. The van der Waals surface area contributed by atoms with Crippen LogP contribution < -0.4 is 10.6 Å². The molecule has 7 heterocycles. The van der Waals surface area contributed by atoms with Gasteiger partial charge in [0.2, 0.25) is 11.8 Å². The van der Waals surface area contributed by atoms with Gasteiger partial charge >= 0.3 is 11.9 Å². The first-order chi connectivity index (χ1) is 68.1. The predicted molar refractivity (Wildman–Crippen MR) is 478 cm³/mol. The number of benzene rings is 6. The van der Waals surface area contributed by atoms with Crippen LogP contribution in [0.1, 0.15) is 67.0 Å². The molecule has 17 N–H and O–H groups in total. The molecule has 0 unspecified atom stereocenters. The number of esters is 1. The van der Waals surface area contributed by atoms with Crippen molar-refractivity contribution in [1.82, 2.24) is 10.6 Å². The van der Waals surface area contributed by atoms with Gasteiger partial charge in [-0.3, -0.25) is 14.4 Å². The van der Waals surface area contributed by atoms with Crippen molar-refractivity contribution in [2.24, 2.45) is 5.11 Å². The predicted octanol–water partition coefficient (Wildman–Crippen LogP) is -1.14. The molecule has 141 heavy (non-hydrogen) atoms. The minimum absolute atomic E-state index is 0.0302. The molecule has 2 amide bonds. The molecule has 0 aromatic heterocycles. The molecule has 7 saturated heterocycles. The summed E-state index contributed by atoms with van der Waals surface area (Å²) in [5.74, 6) is -8.39. The van der Waals surface area contributed by atoms with Crippen LogP contribution in [0, 0.1) is 0 Å². The van der Waals surface area contributed by atoms with Gasteiger partial charge in [-0.25, -0.2) is 4.79 Å². The second kappa shape index (κ2) is 53.3. The molecule has 0 saturated carbocycles. The van der Waals surface area contributed by atoms with Crippen LogP contribution in [0.3, 0.4) is 0 Å². The van der Waals surface area contributed by atoms with E-state index in [0.717, 1.165) is 31.9 Å². The van der Waals surface area contributed by atoms with Gasteiger partial charge in [0.1, 0.15) is 159 Å². The number of nitrogens with zero attached hydrogens (tertiary/aromatic N) is 3. The van der Waals surface area contributed by atoms with Crippen molar-refractivity contribution in [2.75, 3.05) is 59.4 Å². The van der Waals surface area contributed by atoms with Gasteiger partial charge in [0.05, 0.1) is 98.0 Å². The number of aliphatic carboxylic acids is 1. The number of nitrogens with one attached hydrogen (secondary N) is 2. The van der Waals surface area contributed by atoms with E-state index in [4.69, 9.17) is 99.5 Å².